The Balaban J connectivity index is 2.44. The van der Waals surface area contributed by atoms with Crippen LogP contribution in [0.1, 0.15) is 12.8 Å². The van der Waals surface area contributed by atoms with Crippen LogP contribution in [0.2, 0.25) is 0 Å². The predicted octanol–water partition coefficient (Wildman–Crippen LogP) is 0.296. The van der Waals surface area contributed by atoms with Gasteiger partial charge in [0.25, 0.3) is 0 Å². The Bertz CT molecular complexity index is 141. The van der Waals surface area contributed by atoms with Crippen molar-refractivity contribution in [3.63, 3.8) is 0 Å². The van der Waals surface area contributed by atoms with Gasteiger partial charge in [0.15, 0.2) is 0 Å². The molecule has 9 heavy (non-hydrogen) atoms. The van der Waals surface area contributed by atoms with E-state index >= 15 is 0 Å². The fraction of sp³-hybridized carbons (Fsp3) is 0.667. The molecule has 1 aliphatic carbocycles. The Morgan fingerprint density at radius 1 is 1.56 bits per heavy atom. The number of carboxylic acid groups (broad SMARTS) is 1. The van der Waals surface area contributed by atoms with Gasteiger partial charge in [-0.25, -0.2) is 0 Å². The van der Waals surface area contributed by atoms with Gasteiger partial charge in [-0.3, -0.25) is 4.79 Å². The van der Waals surface area contributed by atoms with Crippen LogP contribution in [0.3, 0.4) is 0 Å². The number of carbonyl (C=O) groups excluding carboxylic acids is 1. The first-order chi connectivity index (χ1) is 4.25. The van der Waals surface area contributed by atoms with Crippen LogP contribution in [0.4, 0.5) is 0 Å². The third kappa shape index (κ3) is 0.943. The van der Waals surface area contributed by atoms with E-state index in [2.05, 4.69) is 0 Å². The second-order valence-electron chi connectivity index (χ2n) is 2.32. The van der Waals surface area contributed by atoms with E-state index in [1.54, 1.807) is 0 Å². The van der Waals surface area contributed by atoms with Gasteiger partial charge in [0.2, 0.25) is 0 Å². The van der Waals surface area contributed by atoms with Crippen molar-refractivity contribution in [2.45, 2.75) is 12.8 Å². The molecule has 0 aromatic rings. The summed E-state index contributed by atoms with van der Waals surface area (Å²) >= 11 is 0. The maximum Gasteiger partial charge on any atom is 0.307 e. The van der Waals surface area contributed by atoms with Crippen LogP contribution in [0, 0.1) is 11.8 Å². The zero-order chi connectivity index (χ0) is 6.85. The van der Waals surface area contributed by atoms with E-state index in [1.165, 1.54) is 0 Å². The molecular weight excluding hydrogens is 120 g/mol. The average molecular weight is 128 g/mol. The summed E-state index contributed by atoms with van der Waals surface area (Å²) in [5.74, 6) is -1.43. The SMILES string of the molecule is O=C[C@@H]1CC[C@H]1C(=O)O. The molecule has 1 fully saturated rings. The largest absolute Gasteiger partial charge is 0.481 e. The highest BCUT2D eigenvalue weighted by atomic mass is 16.4. The number of aliphatic carboxylic acids is 1. The molecule has 0 bridgehead atoms. The summed E-state index contributed by atoms with van der Waals surface area (Å²) in [7, 11) is 0. The van der Waals surface area contributed by atoms with Crippen molar-refractivity contribution in [2.24, 2.45) is 11.8 Å². The minimum atomic E-state index is -0.835. The molecule has 0 spiro atoms. The summed E-state index contributed by atoms with van der Waals surface area (Å²) in [6.45, 7) is 0. The summed E-state index contributed by atoms with van der Waals surface area (Å²) in [6, 6.07) is 0. The lowest BCUT2D eigenvalue weighted by Gasteiger charge is -2.27. The molecular formula is C6H8O3. The van der Waals surface area contributed by atoms with Crippen molar-refractivity contribution in [3.05, 3.63) is 0 Å². The molecule has 3 nitrogen and oxygen atoms in total. The van der Waals surface area contributed by atoms with Gasteiger partial charge in [-0.2, -0.15) is 0 Å². The quantitative estimate of drug-likeness (QED) is 0.544. The van der Waals surface area contributed by atoms with Gasteiger partial charge < -0.3 is 9.90 Å². The maximum atomic E-state index is 10.2. The molecule has 0 unspecified atom stereocenters. The normalized spacial score (nSPS) is 32.9. The smallest absolute Gasteiger partial charge is 0.307 e. The van der Waals surface area contributed by atoms with Crippen LogP contribution in [-0.4, -0.2) is 17.4 Å². The van der Waals surface area contributed by atoms with E-state index < -0.39 is 5.97 Å². The van der Waals surface area contributed by atoms with Gasteiger partial charge in [0.05, 0.1) is 5.92 Å². The Kier molecular flexibility index (Phi) is 1.51. The molecule has 1 aliphatic rings. The van der Waals surface area contributed by atoms with Crippen LogP contribution in [-0.2, 0) is 9.59 Å². The summed E-state index contributed by atoms with van der Waals surface area (Å²) < 4.78 is 0. The lowest BCUT2D eigenvalue weighted by atomic mass is 9.75. The molecule has 0 heterocycles. The van der Waals surface area contributed by atoms with Gasteiger partial charge in [-0.15, -0.1) is 0 Å². The van der Waals surface area contributed by atoms with Crippen LogP contribution in [0.5, 0.6) is 0 Å². The van der Waals surface area contributed by atoms with Crippen molar-refractivity contribution in [3.8, 4) is 0 Å². The lowest BCUT2D eigenvalue weighted by molar-refractivity contribution is -0.149. The Labute approximate surface area is 52.7 Å². The Morgan fingerprint density at radius 2 is 2.22 bits per heavy atom. The van der Waals surface area contributed by atoms with E-state index in [-0.39, 0.29) is 11.8 Å². The highest BCUT2D eigenvalue weighted by Gasteiger charge is 2.35. The zero-order valence-electron chi connectivity index (χ0n) is 4.91. The van der Waals surface area contributed by atoms with Gasteiger partial charge in [0.1, 0.15) is 6.29 Å². The maximum absolute atomic E-state index is 10.2. The van der Waals surface area contributed by atoms with Crippen molar-refractivity contribution < 1.29 is 14.7 Å². The van der Waals surface area contributed by atoms with E-state index in [9.17, 15) is 9.59 Å². The van der Waals surface area contributed by atoms with Gasteiger partial charge in [-0.1, -0.05) is 0 Å². The first kappa shape index (κ1) is 6.26. The monoisotopic (exact) mass is 128 g/mol. The molecule has 0 aromatic carbocycles. The van der Waals surface area contributed by atoms with E-state index in [0.29, 0.717) is 6.42 Å². The molecule has 0 saturated heterocycles. The fourth-order valence-electron chi connectivity index (χ4n) is 0.995. The van der Waals surface area contributed by atoms with Crippen molar-refractivity contribution in [1.82, 2.24) is 0 Å². The fourth-order valence-corrected chi connectivity index (χ4v) is 0.995. The van der Waals surface area contributed by atoms with Crippen molar-refractivity contribution in [1.29, 1.82) is 0 Å². The minimum absolute atomic E-state index is 0.206. The molecule has 0 aromatic heterocycles. The molecule has 0 radical (unpaired) electrons. The zero-order valence-corrected chi connectivity index (χ0v) is 4.91. The Hall–Kier alpha value is -0.860. The average Bonchev–Trinajstić information content (AvgIpc) is 1.61. The number of carboxylic acids is 1. The number of aldehydes is 1. The molecule has 1 saturated carbocycles. The lowest BCUT2D eigenvalue weighted by Crippen LogP contribution is -2.33. The molecule has 50 valence electrons. The first-order valence-electron chi connectivity index (χ1n) is 2.94. The van der Waals surface area contributed by atoms with Crippen LogP contribution in [0.15, 0.2) is 0 Å². The second-order valence-corrected chi connectivity index (χ2v) is 2.32. The van der Waals surface area contributed by atoms with Crippen molar-refractivity contribution >= 4 is 12.3 Å². The number of carbonyl (C=O) groups is 2. The molecule has 1 N–H and O–H groups in total. The van der Waals surface area contributed by atoms with E-state index in [1.807, 2.05) is 0 Å². The highest BCUT2D eigenvalue weighted by molar-refractivity contribution is 5.76. The number of hydrogen-bond acceptors (Lipinski definition) is 2. The topological polar surface area (TPSA) is 54.4 Å². The number of rotatable bonds is 2. The first-order valence-corrected chi connectivity index (χ1v) is 2.94. The molecule has 0 amide bonds. The van der Waals surface area contributed by atoms with Gasteiger partial charge in [0, 0.05) is 5.92 Å². The third-order valence-electron chi connectivity index (χ3n) is 1.82. The molecule has 0 aliphatic heterocycles. The third-order valence-corrected chi connectivity index (χ3v) is 1.82. The molecule has 1 rings (SSSR count). The standard InChI is InChI=1S/C6H8O3/c7-3-4-1-2-5(4)6(8)9/h3-5H,1-2H2,(H,8,9)/t4-,5+/m0/s1. The second kappa shape index (κ2) is 2.17. The predicted molar refractivity (Wildman–Crippen MR) is 29.9 cm³/mol. The minimum Gasteiger partial charge on any atom is -0.481 e. The molecule has 2 atom stereocenters. The van der Waals surface area contributed by atoms with Gasteiger partial charge in [-0.05, 0) is 12.8 Å². The summed E-state index contributed by atoms with van der Waals surface area (Å²) in [6.07, 6.45) is 2.15. The molecule has 3 heteroatoms. The summed E-state index contributed by atoms with van der Waals surface area (Å²) in [4.78, 5) is 20.2. The summed E-state index contributed by atoms with van der Waals surface area (Å²) in [5.41, 5.74) is 0. The Morgan fingerprint density at radius 3 is 2.33 bits per heavy atom. The van der Waals surface area contributed by atoms with E-state index in [0.717, 1.165) is 12.7 Å². The van der Waals surface area contributed by atoms with Crippen LogP contribution >= 0.6 is 0 Å². The van der Waals surface area contributed by atoms with E-state index in [4.69, 9.17) is 5.11 Å². The van der Waals surface area contributed by atoms with Crippen LogP contribution < -0.4 is 0 Å². The highest BCUT2D eigenvalue weighted by Crippen LogP contribution is 2.32. The summed E-state index contributed by atoms with van der Waals surface area (Å²) in [5, 5.41) is 8.38. The van der Waals surface area contributed by atoms with Crippen LogP contribution in [0.25, 0.3) is 0 Å². The van der Waals surface area contributed by atoms with Crippen molar-refractivity contribution in [2.75, 3.05) is 0 Å². The number of hydrogen-bond donors (Lipinski definition) is 1. The van der Waals surface area contributed by atoms with Gasteiger partial charge >= 0.3 is 5.97 Å².